The first-order valence-electron chi connectivity index (χ1n) is 4.63. The van der Waals surface area contributed by atoms with Crippen molar-refractivity contribution >= 4 is 15.8 Å². The lowest BCUT2D eigenvalue weighted by Crippen LogP contribution is -2.17. The number of benzene rings is 1. The molecule has 0 heterocycles. The van der Waals surface area contributed by atoms with Crippen molar-refractivity contribution in [2.75, 3.05) is 12.9 Å². The number of halogens is 3. The first-order valence-corrected chi connectivity index (χ1v) is 6.29. The molecule has 0 aromatic heterocycles. The van der Waals surface area contributed by atoms with E-state index in [1.54, 1.807) is 0 Å². The van der Waals surface area contributed by atoms with Crippen LogP contribution in [-0.2, 0) is 25.5 Å². The van der Waals surface area contributed by atoms with Gasteiger partial charge >= 0.3 is 12.1 Å². The number of ether oxygens (including phenoxy) is 1. The highest BCUT2D eigenvalue weighted by atomic mass is 32.2. The summed E-state index contributed by atoms with van der Waals surface area (Å²) in [7, 11) is -2.96. The molecule has 0 saturated carbocycles. The average Bonchev–Trinajstić information content (AvgIpc) is 2.27. The standard InChI is InChI=1S/C10H9F3O4S/c1-17-9(14)6-18(15,16)8-4-2-7(3-5-8)10(11,12)13/h2-5H,6H2,1H3. The summed E-state index contributed by atoms with van der Waals surface area (Å²) in [4.78, 5) is 10.5. The van der Waals surface area contributed by atoms with Crippen LogP contribution in [0.3, 0.4) is 0 Å². The first-order chi connectivity index (χ1) is 8.16. The highest BCUT2D eigenvalue weighted by Crippen LogP contribution is 2.29. The average molecular weight is 282 g/mol. The number of sulfone groups is 1. The van der Waals surface area contributed by atoms with E-state index in [0.717, 1.165) is 19.2 Å². The van der Waals surface area contributed by atoms with Gasteiger partial charge in [-0.3, -0.25) is 4.79 Å². The van der Waals surface area contributed by atoms with E-state index in [9.17, 15) is 26.4 Å². The summed E-state index contributed by atoms with van der Waals surface area (Å²) >= 11 is 0. The van der Waals surface area contributed by atoms with Crippen LogP contribution in [0.4, 0.5) is 13.2 Å². The maximum absolute atomic E-state index is 12.3. The summed E-state index contributed by atoms with van der Waals surface area (Å²) in [5.74, 6) is -1.88. The Morgan fingerprint density at radius 3 is 2.11 bits per heavy atom. The molecular weight excluding hydrogens is 273 g/mol. The van der Waals surface area contributed by atoms with E-state index in [4.69, 9.17) is 0 Å². The fourth-order valence-corrected chi connectivity index (χ4v) is 2.29. The van der Waals surface area contributed by atoms with Crippen LogP contribution in [0, 0.1) is 0 Å². The van der Waals surface area contributed by atoms with Crippen LogP contribution in [0.2, 0.25) is 0 Å². The van der Waals surface area contributed by atoms with E-state index in [1.807, 2.05) is 0 Å². The summed E-state index contributed by atoms with van der Waals surface area (Å²) in [6, 6.07) is 2.90. The van der Waals surface area contributed by atoms with Crippen molar-refractivity contribution < 1.29 is 31.1 Å². The van der Waals surface area contributed by atoms with Crippen LogP contribution in [0.25, 0.3) is 0 Å². The van der Waals surface area contributed by atoms with E-state index in [2.05, 4.69) is 4.74 Å². The van der Waals surface area contributed by atoms with E-state index in [0.29, 0.717) is 12.1 Å². The Balaban J connectivity index is 3.02. The summed E-state index contributed by atoms with van der Waals surface area (Å²) in [6.07, 6.45) is -4.54. The van der Waals surface area contributed by atoms with Crippen LogP contribution in [-0.4, -0.2) is 27.2 Å². The van der Waals surface area contributed by atoms with Crippen LogP contribution < -0.4 is 0 Å². The molecule has 0 bridgehead atoms. The zero-order chi connectivity index (χ0) is 14.0. The van der Waals surface area contributed by atoms with Gasteiger partial charge in [-0.2, -0.15) is 13.2 Å². The molecule has 1 aromatic rings. The number of hydrogen-bond donors (Lipinski definition) is 0. The molecule has 0 radical (unpaired) electrons. The molecule has 0 aliphatic carbocycles. The number of carbonyl (C=O) groups is 1. The van der Waals surface area contributed by atoms with Gasteiger partial charge in [-0.25, -0.2) is 8.42 Å². The number of esters is 1. The summed E-state index contributed by atoms with van der Waals surface area (Å²) in [5.41, 5.74) is -0.959. The fraction of sp³-hybridized carbons (Fsp3) is 0.300. The van der Waals surface area contributed by atoms with Gasteiger partial charge < -0.3 is 4.74 Å². The highest BCUT2D eigenvalue weighted by Gasteiger charge is 2.30. The second kappa shape index (κ2) is 4.97. The first kappa shape index (κ1) is 14.5. The second-order valence-electron chi connectivity index (χ2n) is 3.36. The number of hydrogen-bond acceptors (Lipinski definition) is 4. The number of rotatable bonds is 3. The maximum atomic E-state index is 12.3. The molecule has 0 amide bonds. The quantitative estimate of drug-likeness (QED) is 0.791. The Hall–Kier alpha value is -1.57. The highest BCUT2D eigenvalue weighted by molar-refractivity contribution is 7.92. The largest absolute Gasteiger partial charge is 0.468 e. The Bertz CT molecular complexity index is 531. The zero-order valence-corrected chi connectivity index (χ0v) is 10.0. The summed E-state index contributed by atoms with van der Waals surface area (Å²) in [5, 5.41) is 0. The van der Waals surface area contributed by atoms with Crippen molar-refractivity contribution in [3.63, 3.8) is 0 Å². The van der Waals surface area contributed by atoms with Crippen molar-refractivity contribution in [1.82, 2.24) is 0 Å². The Labute approximate surface area is 101 Å². The van der Waals surface area contributed by atoms with Crippen LogP contribution in [0.15, 0.2) is 29.2 Å². The van der Waals surface area contributed by atoms with Gasteiger partial charge in [0.25, 0.3) is 0 Å². The molecule has 1 rings (SSSR count). The van der Waals surface area contributed by atoms with Gasteiger partial charge in [0.15, 0.2) is 15.6 Å². The van der Waals surface area contributed by atoms with Crippen LogP contribution in [0.1, 0.15) is 5.56 Å². The lowest BCUT2D eigenvalue weighted by molar-refractivity contribution is -0.138. The fourth-order valence-electron chi connectivity index (χ4n) is 1.15. The Morgan fingerprint density at radius 2 is 1.72 bits per heavy atom. The molecule has 0 saturated heterocycles. The lowest BCUT2D eigenvalue weighted by atomic mass is 10.2. The van der Waals surface area contributed by atoms with Gasteiger partial charge in [-0.05, 0) is 24.3 Å². The van der Waals surface area contributed by atoms with Crippen molar-refractivity contribution in [3.8, 4) is 0 Å². The molecule has 100 valence electrons. The lowest BCUT2D eigenvalue weighted by Gasteiger charge is -2.07. The third-order valence-corrected chi connectivity index (χ3v) is 3.68. The smallest absolute Gasteiger partial charge is 0.416 e. The van der Waals surface area contributed by atoms with Gasteiger partial charge in [0.1, 0.15) is 0 Å². The third kappa shape index (κ3) is 3.46. The topological polar surface area (TPSA) is 60.4 Å². The second-order valence-corrected chi connectivity index (χ2v) is 5.35. The number of methoxy groups -OCH3 is 1. The molecule has 0 N–H and O–H groups in total. The van der Waals surface area contributed by atoms with Crippen molar-refractivity contribution in [2.45, 2.75) is 11.1 Å². The molecular formula is C10H9F3O4S. The minimum absolute atomic E-state index is 0.360. The molecule has 0 spiro atoms. The van der Waals surface area contributed by atoms with Gasteiger partial charge in [0.2, 0.25) is 0 Å². The molecule has 0 aliphatic heterocycles. The molecule has 4 nitrogen and oxygen atoms in total. The molecule has 0 aliphatic rings. The van der Waals surface area contributed by atoms with E-state index >= 15 is 0 Å². The molecule has 0 unspecified atom stereocenters. The molecule has 18 heavy (non-hydrogen) atoms. The van der Waals surface area contributed by atoms with Gasteiger partial charge in [0.05, 0.1) is 17.6 Å². The zero-order valence-electron chi connectivity index (χ0n) is 9.19. The maximum Gasteiger partial charge on any atom is 0.416 e. The Morgan fingerprint density at radius 1 is 1.22 bits per heavy atom. The molecule has 1 aromatic carbocycles. The van der Waals surface area contributed by atoms with E-state index < -0.39 is 33.3 Å². The minimum Gasteiger partial charge on any atom is -0.468 e. The predicted molar refractivity (Wildman–Crippen MR) is 55.5 cm³/mol. The van der Waals surface area contributed by atoms with Crippen LogP contribution in [0.5, 0.6) is 0 Å². The van der Waals surface area contributed by atoms with Gasteiger partial charge in [0, 0.05) is 0 Å². The van der Waals surface area contributed by atoms with Crippen molar-refractivity contribution in [1.29, 1.82) is 0 Å². The summed E-state index contributed by atoms with van der Waals surface area (Å²) < 4.78 is 64.1. The van der Waals surface area contributed by atoms with Gasteiger partial charge in [-0.1, -0.05) is 0 Å². The minimum atomic E-state index is -4.54. The predicted octanol–water partition coefficient (Wildman–Crippen LogP) is 1.65. The molecule has 0 fully saturated rings. The van der Waals surface area contributed by atoms with Crippen molar-refractivity contribution in [2.24, 2.45) is 0 Å². The molecule has 0 atom stereocenters. The van der Waals surface area contributed by atoms with E-state index in [-0.39, 0.29) is 4.90 Å². The van der Waals surface area contributed by atoms with E-state index in [1.165, 1.54) is 0 Å². The number of carbonyl (C=O) groups excluding carboxylic acids is 1. The normalized spacial score (nSPS) is 12.2. The van der Waals surface area contributed by atoms with Gasteiger partial charge in [-0.15, -0.1) is 0 Å². The third-order valence-electron chi connectivity index (χ3n) is 2.08. The molecule has 8 heteroatoms. The monoisotopic (exact) mass is 282 g/mol. The Kier molecular flexibility index (Phi) is 4.00. The van der Waals surface area contributed by atoms with Crippen LogP contribution >= 0.6 is 0 Å². The SMILES string of the molecule is COC(=O)CS(=O)(=O)c1ccc(C(F)(F)F)cc1. The number of alkyl halides is 3. The summed E-state index contributed by atoms with van der Waals surface area (Å²) in [6.45, 7) is 0. The van der Waals surface area contributed by atoms with Crippen molar-refractivity contribution in [3.05, 3.63) is 29.8 Å².